The molecule has 1 aliphatic rings. The molecule has 3 N–H and O–H groups in total. The quantitative estimate of drug-likeness (QED) is 0.642. The molecular formula is C13H21N3O5. The molecule has 118 valence electrons. The Balaban J connectivity index is 2.13. The third kappa shape index (κ3) is 7.28. The van der Waals surface area contributed by atoms with Gasteiger partial charge in [-0.3, -0.25) is 19.7 Å². The highest BCUT2D eigenvalue weighted by molar-refractivity contribution is 5.95. The van der Waals surface area contributed by atoms with Crippen LogP contribution in [0, 0.1) is 0 Å². The molecule has 1 saturated heterocycles. The van der Waals surface area contributed by atoms with Crippen LogP contribution in [0.4, 0.5) is 4.79 Å². The van der Waals surface area contributed by atoms with Gasteiger partial charge in [0, 0.05) is 32.5 Å². The number of piperidine rings is 1. The summed E-state index contributed by atoms with van der Waals surface area (Å²) in [5, 5.41) is 12.8. The Kier molecular flexibility index (Phi) is 7.20. The Bertz CT molecular complexity index is 405. The van der Waals surface area contributed by atoms with Crippen molar-refractivity contribution in [2.75, 3.05) is 19.6 Å². The third-order valence-electron chi connectivity index (χ3n) is 3.15. The SMILES string of the molecule is O=C(O)CCC(=O)NC(=O)NCCC(=O)N1CCCCC1. The zero-order valence-electron chi connectivity index (χ0n) is 11.9. The number of hydrogen-bond donors (Lipinski definition) is 3. The van der Waals surface area contributed by atoms with Crippen molar-refractivity contribution in [3.05, 3.63) is 0 Å². The Hall–Kier alpha value is -2.12. The number of rotatable bonds is 6. The number of carbonyl (C=O) groups excluding carboxylic acids is 3. The number of carbonyl (C=O) groups is 4. The molecule has 0 spiro atoms. The molecule has 8 heteroatoms. The van der Waals surface area contributed by atoms with Crippen LogP contribution in [0.2, 0.25) is 0 Å². The van der Waals surface area contributed by atoms with Crippen molar-refractivity contribution in [1.82, 2.24) is 15.5 Å². The lowest BCUT2D eigenvalue weighted by Crippen LogP contribution is -2.42. The van der Waals surface area contributed by atoms with E-state index in [1.54, 1.807) is 4.90 Å². The fourth-order valence-electron chi connectivity index (χ4n) is 2.04. The van der Waals surface area contributed by atoms with Gasteiger partial charge in [-0.25, -0.2) is 4.79 Å². The maximum absolute atomic E-state index is 11.8. The lowest BCUT2D eigenvalue weighted by Gasteiger charge is -2.26. The van der Waals surface area contributed by atoms with E-state index in [9.17, 15) is 19.2 Å². The van der Waals surface area contributed by atoms with Gasteiger partial charge in [0.15, 0.2) is 0 Å². The number of imide groups is 1. The largest absolute Gasteiger partial charge is 0.481 e. The predicted octanol–water partition coefficient (Wildman–Crippen LogP) is 0.0796. The summed E-state index contributed by atoms with van der Waals surface area (Å²) in [6, 6.07) is -0.711. The van der Waals surface area contributed by atoms with Gasteiger partial charge in [-0.15, -0.1) is 0 Å². The van der Waals surface area contributed by atoms with Crippen molar-refractivity contribution in [3.8, 4) is 0 Å². The molecular weight excluding hydrogens is 278 g/mol. The van der Waals surface area contributed by atoms with Crippen LogP contribution < -0.4 is 10.6 Å². The van der Waals surface area contributed by atoms with Gasteiger partial charge in [0.05, 0.1) is 6.42 Å². The predicted molar refractivity (Wildman–Crippen MR) is 73.5 cm³/mol. The van der Waals surface area contributed by atoms with E-state index in [1.165, 1.54) is 0 Å². The third-order valence-corrected chi connectivity index (χ3v) is 3.15. The van der Waals surface area contributed by atoms with Crippen molar-refractivity contribution in [2.45, 2.75) is 38.5 Å². The Morgan fingerprint density at radius 3 is 2.24 bits per heavy atom. The van der Waals surface area contributed by atoms with Gasteiger partial charge >= 0.3 is 12.0 Å². The molecule has 1 heterocycles. The minimum atomic E-state index is -1.10. The average Bonchev–Trinajstić information content (AvgIpc) is 2.46. The average molecular weight is 299 g/mol. The van der Waals surface area contributed by atoms with Crippen LogP contribution in [-0.2, 0) is 14.4 Å². The zero-order chi connectivity index (χ0) is 15.7. The first-order valence-corrected chi connectivity index (χ1v) is 7.06. The minimum Gasteiger partial charge on any atom is -0.481 e. The zero-order valence-corrected chi connectivity index (χ0v) is 11.9. The maximum atomic E-state index is 11.8. The molecule has 0 aromatic rings. The number of urea groups is 1. The first kappa shape index (κ1) is 16.9. The van der Waals surface area contributed by atoms with Crippen LogP contribution in [0.15, 0.2) is 0 Å². The molecule has 4 amide bonds. The molecule has 1 rings (SSSR count). The number of aliphatic carboxylic acids is 1. The highest BCUT2D eigenvalue weighted by atomic mass is 16.4. The van der Waals surface area contributed by atoms with Gasteiger partial charge in [0.2, 0.25) is 11.8 Å². The van der Waals surface area contributed by atoms with E-state index in [2.05, 4.69) is 5.32 Å². The molecule has 0 radical (unpaired) electrons. The second-order valence-electron chi connectivity index (χ2n) is 4.89. The van der Waals surface area contributed by atoms with Crippen molar-refractivity contribution < 1.29 is 24.3 Å². The number of carboxylic acids is 1. The van der Waals surface area contributed by atoms with Gasteiger partial charge in [-0.2, -0.15) is 0 Å². The minimum absolute atomic E-state index is 0.00722. The van der Waals surface area contributed by atoms with Crippen LogP contribution >= 0.6 is 0 Å². The van der Waals surface area contributed by atoms with E-state index in [1.807, 2.05) is 5.32 Å². The Labute approximate surface area is 122 Å². The standard InChI is InChI=1S/C13H21N3O5/c17-10(4-5-12(19)20)15-13(21)14-7-6-11(18)16-8-2-1-3-9-16/h1-9H2,(H,19,20)(H2,14,15,17,21). The molecule has 0 bridgehead atoms. The summed E-state index contributed by atoms with van der Waals surface area (Å²) < 4.78 is 0. The van der Waals surface area contributed by atoms with Gasteiger partial charge in [-0.05, 0) is 19.3 Å². The van der Waals surface area contributed by atoms with E-state index >= 15 is 0 Å². The summed E-state index contributed by atoms with van der Waals surface area (Å²) in [6.07, 6.45) is 2.77. The van der Waals surface area contributed by atoms with E-state index in [-0.39, 0.29) is 31.7 Å². The van der Waals surface area contributed by atoms with Crippen molar-refractivity contribution in [1.29, 1.82) is 0 Å². The Morgan fingerprint density at radius 1 is 0.952 bits per heavy atom. The second-order valence-corrected chi connectivity index (χ2v) is 4.89. The van der Waals surface area contributed by atoms with Crippen LogP contribution in [0.25, 0.3) is 0 Å². The van der Waals surface area contributed by atoms with Crippen LogP contribution in [0.3, 0.4) is 0 Å². The number of carboxylic acid groups (broad SMARTS) is 1. The van der Waals surface area contributed by atoms with E-state index < -0.39 is 17.9 Å². The van der Waals surface area contributed by atoms with E-state index in [4.69, 9.17) is 5.11 Å². The number of amides is 4. The van der Waals surface area contributed by atoms with E-state index in [0.29, 0.717) is 0 Å². The topological polar surface area (TPSA) is 116 Å². The molecule has 0 aromatic heterocycles. The smallest absolute Gasteiger partial charge is 0.321 e. The van der Waals surface area contributed by atoms with Crippen molar-refractivity contribution in [2.24, 2.45) is 0 Å². The highest BCUT2D eigenvalue weighted by Crippen LogP contribution is 2.09. The maximum Gasteiger partial charge on any atom is 0.321 e. The number of nitrogens with one attached hydrogen (secondary N) is 2. The van der Waals surface area contributed by atoms with Gasteiger partial charge in [0.25, 0.3) is 0 Å². The summed E-state index contributed by atoms with van der Waals surface area (Å²) in [7, 11) is 0. The second kappa shape index (κ2) is 8.93. The van der Waals surface area contributed by atoms with Gasteiger partial charge < -0.3 is 15.3 Å². The molecule has 0 aromatic carbocycles. The summed E-state index contributed by atoms with van der Waals surface area (Å²) in [4.78, 5) is 46.4. The molecule has 0 aliphatic carbocycles. The number of hydrogen-bond acceptors (Lipinski definition) is 4. The summed E-state index contributed by atoms with van der Waals surface area (Å²) in [5.74, 6) is -1.76. The van der Waals surface area contributed by atoms with Gasteiger partial charge in [0.1, 0.15) is 0 Å². The monoisotopic (exact) mass is 299 g/mol. The summed E-state index contributed by atoms with van der Waals surface area (Å²) in [5.41, 5.74) is 0. The van der Waals surface area contributed by atoms with Gasteiger partial charge in [-0.1, -0.05) is 0 Å². The molecule has 0 saturated carbocycles. The molecule has 8 nitrogen and oxygen atoms in total. The van der Waals surface area contributed by atoms with Crippen LogP contribution in [-0.4, -0.2) is 53.5 Å². The lowest BCUT2D eigenvalue weighted by molar-refractivity contribution is -0.138. The van der Waals surface area contributed by atoms with E-state index in [0.717, 1.165) is 32.4 Å². The Morgan fingerprint density at radius 2 is 1.62 bits per heavy atom. The summed E-state index contributed by atoms with van der Waals surface area (Å²) in [6.45, 7) is 1.67. The number of nitrogens with zero attached hydrogens (tertiary/aromatic N) is 1. The molecule has 1 aliphatic heterocycles. The molecule has 21 heavy (non-hydrogen) atoms. The number of likely N-dealkylation sites (tertiary alicyclic amines) is 1. The highest BCUT2D eigenvalue weighted by Gasteiger charge is 2.16. The lowest BCUT2D eigenvalue weighted by atomic mass is 10.1. The summed E-state index contributed by atoms with van der Waals surface area (Å²) >= 11 is 0. The first-order chi connectivity index (χ1) is 9.99. The first-order valence-electron chi connectivity index (χ1n) is 7.06. The van der Waals surface area contributed by atoms with Crippen molar-refractivity contribution in [3.63, 3.8) is 0 Å². The molecule has 0 unspecified atom stereocenters. The van der Waals surface area contributed by atoms with Crippen molar-refractivity contribution >= 4 is 23.8 Å². The fraction of sp³-hybridized carbons (Fsp3) is 0.692. The van der Waals surface area contributed by atoms with Crippen LogP contribution in [0.1, 0.15) is 38.5 Å². The molecule has 1 fully saturated rings. The fourth-order valence-corrected chi connectivity index (χ4v) is 2.04. The molecule has 0 atom stereocenters. The normalized spacial score (nSPS) is 14.4. The van der Waals surface area contributed by atoms with Crippen LogP contribution in [0.5, 0.6) is 0 Å².